The standard InChI is InChI=1S/C20H30ClN3O2S.C5H8O2.C2H3N/c1-7-16-20(27,18(26)24(16)8-2)12(3)22-14-9-13(21)10-15(11-14)23-17(25)19(4,5)6;1-3-4-7-5(2)6;1-2-3/h9-12,16,22,27H,7-8H2,1-6H3,(H,23,25);3H,1,4H2,2H3;1H3. The lowest BCUT2D eigenvalue weighted by Crippen LogP contribution is -2.75. The highest BCUT2D eigenvalue weighted by molar-refractivity contribution is 7.83. The number of thiol groups is 1. The van der Waals surface area contributed by atoms with Crippen molar-refractivity contribution in [2.24, 2.45) is 5.41 Å². The highest BCUT2D eigenvalue weighted by Crippen LogP contribution is 2.42. The van der Waals surface area contributed by atoms with E-state index in [1.807, 2.05) is 45.6 Å². The summed E-state index contributed by atoms with van der Waals surface area (Å²) in [6.45, 7) is 18.7. The number of hydrogen-bond donors (Lipinski definition) is 3. The van der Waals surface area contributed by atoms with Crippen molar-refractivity contribution in [3.63, 3.8) is 0 Å². The molecule has 10 heteroatoms. The van der Waals surface area contributed by atoms with E-state index < -0.39 is 10.2 Å². The second-order valence-corrected chi connectivity index (χ2v) is 10.6. The van der Waals surface area contributed by atoms with Crippen LogP contribution in [0.5, 0.6) is 0 Å². The van der Waals surface area contributed by atoms with Gasteiger partial charge in [0, 0.05) is 48.2 Å². The van der Waals surface area contributed by atoms with Crippen LogP contribution in [-0.4, -0.2) is 52.7 Å². The number of β-lactam (4-membered cyclic amide) rings is 1. The summed E-state index contributed by atoms with van der Waals surface area (Å²) in [4.78, 5) is 36.7. The molecule has 1 aromatic rings. The van der Waals surface area contributed by atoms with E-state index in [-0.39, 0.29) is 29.9 Å². The molecule has 1 fully saturated rings. The van der Waals surface area contributed by atoms with Crippen LogP contribution in [0.3, 0.4) is 0 Å². The maximum atomic E-state index is 12.6. The highest BCUT2D eigenvalue weighted by Gasteiger charge is 2.59. The number of halogens is 1. The first-order chi connectivity index (χ1) is 17.1. The number of amides is 2. The fourth-order valence-corrected chi connectivity index (χ4v) is 4.41. The number of nitrogens with zero attached hydrogens (tertiary/aromatic N) is 2. The minimum absolute atomic E-state index is 0.0449. The number of nitrogens with one attached hydrogen (secondary N) is 2. The number of nitriles is 1. The van der Waals surface area contributed by atoms with Gasteiger partial charge in [0.1, 0.15) is 11.4 Å². The summed E-state index contributed by atoms with van der Waals surface area (Å²) >= 11 is 11.0. The first-order valence-corrected chi connectivity index (χ1v) is 12.9. The maximum absolute atomic E-state index is 12.6. The van der Waals surface area contributed by atoms with Crippen molar-refractivity contribution >= 4 is 53.4 Å². The summed E-state index contributed by atoms with van der Waals surface area (Å²) in [6.07, 6.45) is 2.37. The number of likely N-dealkylation sites (tertiary alicyclic amines) is 1. The van der Waals surface area contributed by atoms with Gasteiger partial charge in [-0.1, -0.05) is 52.0 Å². The van der Waals surface area contributed by atoms with Crippen LogP contribution >= 0.6 is 24.2 Å². The molecule has 8 nitrogen and oxygen atoms in total. The monoisotopic (exact) mass is 552 g/mol. The van der Waals surface area contributed by atoms with Crippen molar-refractivity contribution < 1.29 is 19.1 Å². The van der Waals surface area contributed by atoms with Gasteiger partial charge in [-0.3, -0.25) is 14.4 Å². The minimum Gasteiger partial charge on any atom is -0.462 e. The van der Waals surface area contributed by atoms with Gasteiger partial charge in [-0.2, -0.15) is 17.9 Å². The number of carbonyl (C=O) groups excluding carboxylic acids is 3. The first-order valence-electron chi connectivity index (χ1n) is 12.1. The van der Waals surface area contributed by atoms with Crippen LogP contribution in [0.25, 0.3) is 0 Å². The molecule has 1 aliphatic rings. The van der Waals surface area contributed by atoms with Crippen molar-refractivity contribution in [3.8, 4) is 6.07 Å². The number of benzene rings is 1. The highest BCUT2D eigenvalue weighted by atomic mass is 35.5. The van der Waals surface area contributed by atoms with Gasteiger partial charge in [0.05, 0.1) is 12.1 Å². The zero-order valence-corrected chi connectivity index (χ0v) is 24.8. The van der Waals surface area contributed by atoms with Crippen LogP contribution in [0, 0.1) is 16.7 Å². The third-order valence-electron chi connectivity index (χ3n) is 5.50. The van der Waals surface area contributed by atoms with Crippen molar-refractivity contribution in [3.05, 3.63) is 35.9 Å². The molecule has 0 aliphatic carbocycles. The van der Waals surface area contributed by atoms with E-state index in [0.29, 0.717) is 23.9 Å². The summed E-state index contributed by atoms with van der Waals surface area (Å²) in [5.74, 6) is -0.309. The topological polar surface area (TPSA) is 112 Å². The third-order valence-corrected chi connectivity index (χ3v) is 6.59. The third kappa shape index (κ3) is 9.94. The molecule has 3 unspecified atom stereocenters. The Hall–Kier alpha value is -2.70. The second kappa shape index (κ2) is 15.5. The zero-order valence-electron chi connectivity index (χ0n) is 23.1. The summed E-state index contributed by atoms with van der Waals surface area (Å²) in [5, 5.41) is 14.1. The zero-order chi connectivity index (χ0) is 29.0. The molecule has 206 valence electrons. The van der Waals surface area contributed by atoms with Crippen LogP contribution in [0.2, 0.25) is 5.02 Å². The van der Waals surface area contributed by atoms with E-state index in [4.69, 9.17) is 29.5 Å². The molecular formula is C27H41ClN4O4S. The van der Waals surface area contributed by atoms with Crippen molar-refractivity contribution in [2.75, 3.05) is 23.8 Å². The molecule has 0 bridgehead atoms. The van der Waals surface area contributed by atoms with Crippen LogP contribution in [0.1, 0.15) is 61.8 Å². The molecule has 0 saturated carbocycles. The average molecular weight is 553 g/mol. The lowest BCUT2D eigenvalue weighted by atomic mass is 9.79. The Labute approximate surface area is 232 Å². The predicted molar refractivity (Wildman–Crippen MR) is 154 cm³/mol. The summed E-state index contributed by atoms with van der Waals surface area (Å²) in [7, 11) is 0. The van der Waals surface area contributed by atoms with E-state index in [1.165, 1.54) is 19.9 Å². The van der Waals surface area contributed by atoms with Crippen LogP contribution < -0.4 is 10.6 Å². The van der Waals surface area contributed by atoms with E-state index in [9.17, 15) is 14.4 Å². The van der Waals surface area contributed by atoms with Gasteiger partial charge in [-0.15, -0.1) is 0 Å². The molecule has 1 aromatic carbocycles. The smallest absolute Gasteiger partial charge is 0.302 e. The van der Waals surface area contributed by atoms with Crippen molar-refractivity contribution in [1.82, 2.24) is 4.90 Å². The Balaban J connectivity index is 0.00000110. The molecule has 37 heavy (non-hydrogen) atoms. The van der Waals surface area contributed by atoms with Gasteiger partial charge in [-0.05, 0) is 38.5 Å². The van der Waals surface area contributed by atoms with Crippen LogP contribution in [-0.2, 0) is 19.1 Å². The van der Waals surface area contributed by atoms with E-state index in [0.717, 1.165) is 12.1 Å². The van der Waals surface area contributed by atoms with E-state index in [2.05, 4.69) is 28.9 Å². The summed E-state index contributed by atoms with van der Waals surface area (Å²) in [6, 6.07) is 6.94. The molecule has 0 spiro atoms. The molecule has 1 aliphatic heterocycles. The Bertz CT molecular complexity index is 990. The summed E-state index contributed by atoms with van der Waals surface area (Å²) < 4.78 is 3.67. The minimum atomic E-state index is -0.762. The van der Waals surface area contributed by atoms with Crippen LogP contribution in [0.4, 0.5) is 11.4 Å². The number of anilines is 2. The Kier molecular flexibility index (Phi) is 14.4. The predicted octanol–water partition coefficient (Wildman–Crippen LogP) is 5.70. The van der Waals surface area contributed by atoms with E-state index >= 15 is 0 Å². The molecule has 1 saturated heterocycles. The van der Waals surface area contributed by atoms with Gasteiger partial charge in [0.25, 0.3) is 0 Å². The van der Waals surface area contributed by atoms with Crippen molar-refractivity contribution in [1.29, 1.82) is 5.26 Å². The number of hydrogen-bond acceptors (Lipinski definition) is 7. The lowest BCUT2D eigenvalue weighted by Gasteiger charge is -2.56. The molecule has 1 heterocycles. The Morgan fingerprint density at radius 3 is 2.27 bits per heavy atom. The Morgan fingerprint density at radius 1 is 1.32 bits per heavy atom. The first kappa shape index (κ1) is 34.3. The molecule has 2 amide bonds. The molecular weight excluding hydrogens is 512 g/mol. The summed E-state index contributed by atoms with van der Waals surface area (Å²) in [5.41, 5.74) is 0.854. The number of ether oxygens (including phenoxy) is 1. The maximum Gasteiger partial charge on any atom is 0.302 e. The van der Waals surface area contributed by atoms with E-state index in [1.54, 1.807) is 18.2 Å². The SMILES string of the molecule is C=CCOC(C)=O.CC#N.CCC1N(CC)C(=O)C1(S)C(C)Nc1cc(Cl)cc(NC(=O)C(C)(C)C)c1. The van der Waals surface area contributed by atoms with Crippen LogP contribution in [0.15, 0.2) is 30.9 Å². The van der Waals surface area contributed by atoms with Gasteiger partial charge < -0.3 is 20.3 Å². The normalized spacial score (nSPS) is 18.9. The Morgan fingerprint density at radius 2 is 1.86 bits per heavy atom. The quantitative estimate of drug-likeness (QED) is 0.165. The molecule has 0 radical (unpaired) electrons. The molecule has 2 N–H and O–H groups in total. The fraction of sp³-hybridized carbons (Fsp3) is 0.556. The van der Waals surface area contributed by atoms with Gasteiger partial charge >= 0.3 is 5.97 Å². The molecule has 3 atom stereocenters. The molecule has 0 aromatic heterocycles. The largest absolute Gasteiger partial charge is 0.462 e. The van der Waals surface area contributed by atoms with Gasteiger partial charge in [0.2, 0.25) is 11.8 Å². The second-order valence-electron chi connectivity index (χ2n) is 9.45. The number of esters is 1. The van der Waals surface area contributed by atoms with Crippen molar-refractivity contribution in [2.45, 2.75) is 78.6 Å². The number of rotatable bonds is 8. The molecule has 2 rings (SSSR count). The van der Waals surface area contributed by atoms with Gasteiger partial charge in [0.15, 0.2) is 0 Å². The van der Waals surface area contributed by atoms with Gasteiger partial charge in [-0.25, -0.2) is 0 Å². The fourth-order valence-electron chi connectivity index (χ4n) is 3.65. The number of carbonyl (C=O) groups is 3. The average Bonchev–Trinajstić information content (AvgIpc) is 2.79. The lowest BCUT2D eigenvalue weighted by molar-refractivity contribution is -0.152.